The Hall–Kier alpha value is -2.08. The van der Waals surface area contributed by atoms with Gasteiger partial charge >= 0.3 is 25.7 Å². The van der Waals surface area contributed by atoms with Crippen LogP contribution in [0.25, 0.3) is 0 Å². The molecule has 1 aliphatic rings. The van der Waals surface area contributed by atoms with E-state index in [0.717, 1.165) is 77.0 Å². The van der Waals surface area contributed by atoms with Crippen molar-refractivity contribution in [2.24, 2.45) is 5.73 Å². The summed E-state index contributed by atoms with van der Waals surface area (Å²) in [4.78, 5) is 45.7. The maximum atomic E-state index is 12.5. The van der Waals surface area contributed by atoms with Gasteiger partial charge in [0.2, 0.25) is 0 Å². The average molecular weight is 746 g/mol. The Morgan fingerprint density at radius 2 is 1.25 bits per heavy atom. The lowest BCUT2D eigenvalue weighted by Gasteiger charge is -2.20. The van der Waals surface area contributed by atoms with Gasteiger partial charge in [0.05, 0.1) is 25.4 Å². The number of hydrogen-bond donors (Lipinski definition) is 3. The van der Waals surface area contributed by atoms with Gasteiger partial charge in [0, 0.05) is 12.8 Å². The molecular formula is C38H68NO11P. The fraction of sp³-hybridized carbons (Fsp3) is 0.816. The molecule has 13 heteroatoms. The molecule has 0 amide bonds. The summed E-state index contributed by atoms with van der Waals surface area (Å²) >= 11 is 0. The molecule has 0 radical (unpaired) electrons. The van der Waals surface area contributed by atoms with E-state index in [4.69, 9.17) is 29.6 Å². The van der Waals surface area contributed by atoms with E-state index in [0.29, 0.717) is 25.0 Å². The van der Waals surface area contributed by atoms with Crippen LogP contribution in [0.5, 0.6) is 0 Å². The standard InChI is InChI=1S/C38H68NO11P/c1-3-5-7-8-9-10-11-12-17-20-24-28-37(41)49-32(30-47-51(44,45)48-31-33(39)38(42)43)29-46-36(40)27-23-19-16-14-13-15-18-22-26-35-34(50-35)25-21-6-4-2/h8-9,18,22,32-35H,3-7,10-17,19-21,23-31,39H2,1-2H3,(H,42,43)(H,44,45)/b9-8-,22-18-/t32-,33+,34?,35?/m1/s1. The van der Waals surface area contributed by atoms with Crippen molar-refractivity contribution in [3.8, 4) is 0 Å². The molecule has 0 spiro atoms. The van der Waals surface area contributed by atoms with Crippen LogP contribution in [0.2, 0.25) is 0 Å². The Morgan fingerprint density at radius 3 is 1.88 bits per heavy atom. The largest absolute Gasteiger partial charge is 0.480 e. The first-order chi connectivity index (χ1) is 24.6. The lowest BCUT2D eigenvalue weighted by Crippen LogP contribution is -2.34. The molecule has 0 aliphatic carbocycles. The topological polar surface area (TPSA) is 184 Å². The molecule has 4 N–H and O–H groups in total. The molecule has 5 atom stereocenters. The highest BCUT2D eigenvalue weighted by Crippen LogP contribution is 2.43. The van der Waals surface area contributed by atoms with Crippen molar-refractivity contribution in [1.29, 1.82) is 0 Å². The van der Waals surface area contributed by atoms with Crippen molar-refractivity contribution in [3.05, 3.63) is 24.3 Å². The summed E-state index contributed by atoms with van der Waals surface area (Å²) in [5, 5.41) is 8.86. The smallest absolute Gasteiger partial charge is 0.472 e. The molecule has 296 valence electrons. The summed E-state index contributed by atoms with van der Waals surface area (Å²) in [6, 6.07) is -1.52. The van der Waals surface area contributed by atoms with Crippen LogP contribution in [-0.2, 0) is 42.2 Å². The maximum absolute atomic E-state index is 12.5. The van der Waals surface area contributed by atoms with Gasteiger partial charge in [-0.05, 0) is 57.8 Å². The molecule has 3 unspecified atom stereocenters. The van der Waals surface area contributed by atoms with Gasteiger partial charge in [0.15, 0.2) is 6.10 Å². The molecule has 0 aromatic rings. The molecule has 0 bridgehead atoms. The molecule has 0 aromatic carbocycles. The number of ether oxygens (including phenoxy) is 3. The van der Waals surface area contributed by atoms with E-state index in [1.807, 2.05) is 0 Å². The molecule has 0 saturated carbocycles. The van der Waals surface area contributed by atoms with Crippen molar-refractivity contribution < 1.29 is 52.2 Å². The molecule has 1 fully saturated rings. The van der Waals surface area contributed by atoms with E-state index >= 15 is 0 Å². The minimum Gasteiger partial charge on any atom is -0.480 e. The number of aliphatic carboxylic acids is 1. The minimum atomic E-state index is -4.72. The fourth-order valence-corrected chi connectivity index (χ4v) is 6.12. The molecule has 51 heavy (non-hydrogen) atoms. The summed E-state index contributed by atoms with van der Waals surface area (Å²) in [5.74, 6) is -2.42. The number of nitrogens with two attached hydrogens (primary N) is 1. The number of epoxide rings is 1. The number of phosphoric ester groups is 1. The zero-order valence-corrected chi connectivity index (χ0v) is 32.3. The van der Waals surface area contributed by atoms with Gasteiger partial charge in [0.25, 0.3) is 0 Å². The second-order valence-electron chi connectivity index (χ2n) is 13.4. The quantitative estimate of drug-likeness (QED) is 0.0185. The van der Waals surface area contributed by atoms with E-state index in [9.17, 15) is 23.8 Å². The molecule has 1 heterocycles. The van der Waals surface area contributed by atoms with Crippen molar-refractivity contribution in [2.75, 3.05) is 19.8 Å². The third kappa shape index (κ3) is 28.1. The summed E-state index contributed by atoms with van der Waals surface area (Å²) < 4.78 is 38.3. The van der Waals surface area contributed by atoms with E-state index in [2.05, 4.69) is 42.7 Å². The van der Waals surface area contributed by atoms with Crippen molar-refractivity contribution in [3.63, 3.8) is 0 Å². The van der Waals surface area contributed by atoms with E-state index in [1.165, 1.54) is 38.5 Å². The molecule has 1 rings (SSSR count). The second-order valence-corrected chi connectivity index (χ2v) is 14.9. The first-order valence-corrected chi connectivity index (χ1v) is 21.0. The van der Waals surface area contributed by atoms with Gasteiger partial charge in [0.1, 0.15) is 12.6 Å². The number of hydrogen-bond acceptors (Lipinski definition) is 10. The highest BCUT2D eigenvalue weighted by molar-refractivity contribution is 7.47. The Kier molecular flexibility index (Phi) is 28.0. The number of esters is 2. The van der Waals surface area contributed by atoms with Gasteiger partial charge in [-0.15, -0.1) is 0 Å². The summed E-state index contributed by atoms with van der Waals surface area (Å²) in [6.07, 6.45) is 29.9. The number of carbonyl (C=O) groups is 3. The summed E-state index contributed by atoms with van der Waals surface area (Å²) in [5.41, 5.74) is 5.31. The lowest BCUT2D eigenvalue weighted by molar-refractivity contribution is -0.161. The number of carboxylic acids is 1. The van der Waals surface area contributed by atoms with E-state index < -0.39 is 51.1 Å². The van der Waals surface area contributed by atoms with Crippen LogP contribution in [0.15, 0.2) is 24.3 Å². The first kappa shape index (κ1) is 46.9. The van der Waals surface area contributed by atoms with Crippen molar-refractivity contribution in [2.45, 2.75) is 179 Å². The Morgan fingerprint density at radius 1 is 0.706 bits per heavy atom. The predicted octanol–water partition coefficient (Wildman–Crippen LogP) is 8.49. The van der Waals surface area contributed by atoms with Gasteiger partial charge < -0.3 is 29.9 Å². The zero-order chi connectivity index (χ0) is 37.6. The molecule has 1 saturated heterocycles. The Bertz CT molecular complexity index is 1040. The van der Waals surface area contributed by atoms with Crippen molar-refractivity contribution >= 4 is 25.7 Å². The molecule has 12 nitrogen and oxygen atoms in total. The molecule has 0 aromatic heterocycles. The number of carbonyl (C=O) groups excluding carboxylic acids is 2. The minimum absolute atomic E-state index is 0.145. The SMILES string of the molecule is CCCC/C=C\CCCCCCCC(=O)O[C@H](COC(=O)CCCCCCC/C=C\CC1OC1CCCCC)COP(=O)(O)OC[C@H](N)C(=O)O. The predicted molar refractivity (Wildman–Crippen MR) is 198 cm³/mol. The monoisotopic (exact) mass is 745 g/mol. The Labute approximate surface area is 306 Å². The van der Waals surface area contributed by atoms with Gasteiger partial charge in [-0.2, -0.15) is 0 Å². The van der Waals surface area contributed by atoms with Crippen LogP contribution in [0.4, 0.5) is 0 Å². The summed E-state index contributed by atoms with van der Waals surface area (Å²) in [6.45, 7) is 2.68. The highest BCUT2D eigenvalue weighted by atomic mass is 31.2. The average Bonchev–Trinajstić information content (AvgIpc) is 3.85. The lowest BCUT2D eigenvalue weighted by atomic mass is 10.1. The second kappa shape index (κ2) is 30.4. The van der Waals surface area contributed by atoms with Crippen LogP contribution < -0.4 is 5.73 Å². The maximum Gasteiger partial charge on any atom is 0.472 e. The van der Waals surface area contributed by atoms with Crippen molar-refractivity contribution in [1.82, 2.24) is 0 Å². The molecular weight excluding hydrogens is 677 g/mol. The zero-order valence-electron chi connectivity index (χ0n) is 31.4. The highest BCUT2D eigenvalue weighted by Gasteiger charge is 2.36. The fourth-order valence-electron chi connectivity index (χ4n) is 5.34. The van der Waals surface area contributed by atoms with Gasteiger partial charge in [-0.3, -0.25) is 23.4 Å². The van der Waals surface area contributed by atoms with Crippen LogP contribution in [0.3, 0.4) is 0 Å². The number of unbranched alkanes of at least 4 members (excludes halogenated alkanes) is 14. The molecule has 1 aliphatic heterocycles. The number of carboxylic acid groups (broad SMARTS) is 1. The first-order valence-electron chi connectivity index (χ1n) is 19.5. The normalized spacial score (nSPS) is 18.1. The summed E-state index contributed by atoms with van der Waals surface area (Å²) in [7, 11) is -4.72. The van der Waals surface area contributed by atoms with E-state index in [1.54, 1.807) is 0 Å². The Balaban J connectivity index is 2.31. The third-order valence-electron chi connectivity index (χ3n) is 8.60. The van der Waals surface area contributed by atoms with Gasteiger partial charge in [-0.25, -0.2) is 4.57 Å². The van der Waals surface area contributed by atoms with Crippen LogP contribution >= 0.6 is 7.82 Å². The van der Waals surface area contributed by atoms with Crippen LogP contribution in [0.1, 0.15) is 155 Å². The van der Waals surface area contributed by atoms with Gasteiger partial charge in [-0.1, -0.05) is 109 Å². The number of phosphoric acid groups is 1. The van der Waals surface area contributed by atoms with Crippen LogP contribution in [0, 0.1) is 0 Å². The number of rotatable bonds is 35. The third-order valence-corrected chi connectivity index (χ3v) is 9.55. The van der Waals surface area contributed by atoms with Crippen LogP contribution in [-0.4, -0.2) is 72.1 Å². The number of allylic oxidation sites excluding steroid dienone is 3. The van der Waals surface area contributed by atoms with E-state index in [-0.39, 0.29) is 19.4 Å².